The topological polar surface area (TPSA) is 63.6 Å². The van der Waals surface area contributed by atoms with Crippen LogP contribution in [0.1, 0.15) is 0 Å². The minimum absolute atomic E-state index is 0.523. The predicted molar refractivity (Wildman–Crippen MR) is 36.5 cm³/mol. The Bertz CT molecular complexity index is 199. The summed E-state index contributed by atoms with van der Waals surface area (Å²) >= 11 is 1.37. The number of rotatable bonds is 3. The fraction of sp³-hybridized carbons (Fsp3) is 1.00. The average molecular weight is 288 g/mol. The summed E-state index contributed by atoms with van der Waals surface area (Å²) in [4.78, 5) is 0. The minimum Gasteiger partial charge on any atom is -0.295 e. The summed E-state index contributed by atoms with van der Waals surface area (Å²) in [5.41, 5.74) is -4.49. The maximum atomic E-state index is 11.9. The quantitative estimate of drug-likeness (QED) is 0.475. The highest BCUT2D eigenvalue weighted by Crippen LogP contribution is 2.22. The van der Waals surface area contributed by atoms with Gasteiger partial charge in [-0.15, -0.1) is 0 Å². The molecule has 4 nitrogen and oxygen atoms in total. The molecule has 0 amide bonds. The van der Waals surface area contributed by atoms with Gasteiger partial charge >= 0.3 is 15.6 Å². The van der Waals surface area contributed by atoms with E-state index in [2.05, 4.69) is 4.74 Å². The van der Waals surface area contributed by atoms with Crippen molar-refractivity contribution < 1.29 is 26.5 Å². The lowest BCUT2D eigenvalue weighted by Crippen LogP contribution is -2.30. The van der Waals surface area contributed by atoms with Crippen LogP contribution in [0.4, 0.5) is 8.78 Å². The van der Waals surface area contributed by atoms with Crippen molar-refractivity contribution in [3.05, 3.63) is 0 Å². The van der Waals surface area contributed by atoms with Crippen LogP contribution in [0.25, 0.3) is 0 Å². The molecule has 0 spiro atoms. The third-order valence-corrected chi connectivity index (χ3v) is 1.55. The van der Waals surface area contributed by atoms with Gasteiger partial charge in [-0.1, -0.05) is 22.6 Å². The molecule has 0 aromatic carbocycles. The van der Waals surface area contributed by atoms with Crippen LogP contribution in [0.5, 0.6) is 0 Å². The molecule has 0 bridgehead atoms. The second-order valence-corrected chi connectivity index (χ2v) is 3.24. The SMILES string of the molecule is O=S(=O)(O)C(F)(F)OCI. The summed E-state index contributed by atoms with van der Waals surface area (Å²) in [6, 6.07) is 0. The first kappa shape index (κ1) is 10.5. The number of hydrogen-bond donors (Lipinski definition) is 1. The predicted octanol–water partition coefficient (Wildman–Crippen LogP) is 0.834. The van der Waals surface area contributed by atoms with Crippen LogP contribution in [0.2, 0.25) is 0 Å². The maximum Gasteiger partial charge on any atom is 0.488 e. The van der Waals surface area contributed by atoms with Gasteiger partial charge in [0.05, 0.1) is 0 Å². The molecule has 0 aliphatic carbocycles. The van der Waals surface area contributed by atoms with E-state index in [4.69, 9.17) is 4.55 Å². The van der Waals surface area contributed by atoms with Gasteiger partial charge in [-0.2, -0.15) is 17.2 Å². The molecule has 0 aromatic rings. The monoisotopic (exact) mass is 288 g/mol. The number of alkyl halides is 3. The Hall–Kier alpha value is 0.460. The lowest BCUT2D eigenvalue weighted by atomic mass is 11.4. The molecule has 0 aliphatic heterocycles. The van der Waals surface area contributed by atoms with E-state index in [-0.39, 0.29) is 0 Å². The van der Waals surface area contributed by atoms with Crippen molar-refractivity contribution >= 4 is 32.7 Å². The zero-order valence-corrected chi connectivity index (χ0v) is 7.40. The van der Waals surface area contributed by atoms with Gasteiger partial charge in [0.1, 0.15) is 4.61 Å². The highest BCUT2D eigenvalue weighted by atomic mass is 127. The third kappa shape index (κ3) is 2.60. The van der Waals surface area contributed by atoms with E-state index in [0.29, 0.717) is 0 Å². The first-order chi connectivity index (χ1) is 4.31. The van der Waals surface area contributed by atoms with Gasteiger partial charge in [0, 0.05) is 0 Å². The highest BCUT2D eigenvalue weighted by Gasteiger charge is 2.45. The molecule has 0 aromatic heterocycles. The summed E-state index contributed by atoms with van der Waals surface area (Å²) in [7, 11) is -5.42. The van der Waals surface area contributed by atoms with E-state index in [1.165, 1.54) is 22.6 Å². The molecule has 10 heavy (non-hydrogen) atoms. The van der Waals surface area contributed by atoms with E-state index in [1.807, 2.05) is 0 Å². The zero-order valence-electron chi connectivity index (χ0n) is 4.42. The molecule has 0 fully saturated rings. The van der Waals surface area contributed by atoms with E-state index >= 15 is 0 Å². The zero-order chi connectivity index (χ0) is 8.41. The van der Waals surface area contributed by atoms with Gasteiger partial charge in [-0.05, 0) is 0 Å². The Balaban J connectivity index is 4.42. The van der Waals surface area contributed by atoms with Gasteiger partial charge in [0.25, 0.3) is 0 Å². The van der Waals surface area contributed by atoms with Crippen molar-refractivity contribution in [1.29, 1.82) is 0 Å². The molecule has 8 heteroatoms. The fourth-order valence-corrected chi connectivity index (χ4v) is 0.948. The second-order valence-electron chi connectivity index (χ2n) is 1.19. The van der Waals surface area contributed by atoms with E-state index in [0.717, 1.165) is 0 Å². The van der Waals surface area contributed by atoms with Crippen LogP contribution in [0.15, 0.2) is 0 Å². The largest absolute Gasteiger partial charge is 0.488 e. The second kappa shape index (κ2) is 3.24. The first-order valence-electron chi connectivity index (χ1n) is 1.86. The van der Waals surface area contributed by atoms with Crippen LogP contribution >= 0.6 is 22.6 Å². The summed E-state index contributed by atoms with van der Waals surface area (Å²) < 4.78 is 53.8. The molecular formula is C2H3F2IO4S. The third-order valence-electron chi connectivity index (χ3n) is 0.523. The van der Waals surface area contributed by atoms with Crippen molar-refractivity contribution in [2.75, 3.05) is 4.61 Å². The molecule has 0 heterocycles. The van der Waals surface area contributed by atoms with Crippen molar-refractivity contribution in [3.8, 4) is 0 Å². The van der Waals surface area contributed by atoms with Gasteiger partial charge in [-0.25, -0.2) is 0 Å². The van der Waals surface area contributed by atoms with Gasteiger partial charge in [-0.3, -0.25) is 9.29 Å². The molecule has 0 saturated heterocycles. The lowest BCUT2D eigenvalue weighted by molar-refractivity contribution is -0.156. The Morgan fingerprint density at radius 3 is 2.10 bits per heavy atom. The summed E-state index contributed by atoms with van der Waals surface area (Å²) in [5.74, 6) is 0. The summed E-state index contributed by atoms with van der Waals surface area (Å²) in [6.07, 6.45) is 0. The van der Waals surface area contributed by atoms with Crippen molar-refractivity contribution in [3.63, 3.8) is 0 Å². The summed E-state index contributed by atoms with van der Waals surface area (Å²) in [5, 5.41) is 0. The Morgan fingerprint density at radius 1 is 1.60 bits per heavy atom. The van der Waals surface area contributed by atoms with E-state index in [9.17, 15) is 17.2 Å². The van der Waals surface area contributed by atoms with Crippen molar-refractivity contribution in [1.82, 2.24) is 0 Å². The van der Waals surface area contributed by atoms with Crippen molar-refractivity contribution in [2.45, 2.75) is 5.44 Å². The molecule has 0 saturated carbocycles. The lowest BCUT2D eigenvalue weighted by Gasteiger charge is -2.09. The van der Waals surface area contributed by atoms with Crippen molar-refractivity contribution in [2.24, 2.45) is 0 Å². The molecule has 0 radical (unpaired) electrons. The van der Waals surface area contributed by atoms with Crippen LogP contribution in [0, 0.1) is 0 Å². The van der Waals surface area contributed by atoms with Gasteiger partial charge in [0.15, 0.2) is 0 Å². The highest BCUT2D eigenvalue weighted by molar-refractivity contribution is 14.1. The minimum atomic E-state index is -5.42. The average Bonchev–Trinajstić information content (AvgIpc) is 1.61. The molecule has 0 rings (SSSR count). The van der Waals surface area contributed by atoms with E-state index < -0.39 is 20.2 Å². The first-order valence-corrected chi connectivity index (χ1v) is 4.82. The number of ether oxygens (including phenoxy) is 1. The van der Waals surface area contributed by atoms with Crippen LogP contribution < -0.4 is 0 Å². The normalized spacial score (nSPS) is 13.6. The molecule has 1 N–H and O–H groups in total. The Kier molecular flexibility index (Phi) is 3.39. The van der Waals surface area contributed by atoms with E-state index in [1.54, 1.807) is 0 Å². The van der Waals surface area contributed by atoms with Gasteiger partial charge < -0.3 is 0 Å². The summed E-state index contributed by atoms with van der Waals surface area (Å²) in [6.45, 7) is 0. The smallest absolute Gasteiger partial charge is 0.295 e. The van der Waals surface area contributed by atoms with Gasteiger partial charge in [0.2, 0.25) is 0 Å². The standard InChI is InChI=1S/C2H3F2IO4S/c3-2(4,9-1-5)10(6,7)8/h1H2,(H,6,7,8). The molecule has 62 valence electrons. The Labute approximate surface area is 69.4 Å². The number of halogens is 3. The molecule has 0 atom stereocenters. The Morgan fingerprint density at radius 2 is 2.00 bits per heavy atom. The van der Waals surface area contributed by atoms with Crippen LogP contribution in [0.3, 0.4) is 0 Å². The number of hydrogen-bond acceptors (Lipinski definition) is 3. The maximum absolute atomic E-state index is 11.9. The molecular weight excluding hydrogens is 285 g/mol. The fourth-order valence-electron chi connectivity index (χ4n) is 0.138. The molecule has 0 aliphatic rings. The molecule has 0 unspecified atom stereocenters. The van der Waals surface area contributed by atoms with Crippen LogP contribution in [-0.2, 0) is 14.9 Å². The van der Waals surface area contributed by atoms with Crippen LogP contribution in [-0.4, -0.2) is 23.0 Å².